The molecule has 0 bridgehead atoms. The predicted molar refractivity (Wildman–Crippen MR) is 89.8 cm³/mol. The zero-order chi connectivity index (χ0) is 18.2. The molecule has 0 saturated carbocycles. The average Bonchev–Trinajstić information content (AvgIpc) is 2.35. The lowest BCUT2D eigenvalue weighted by atomic mass is 9.88. The van der Waals surface area contributed by atoms with Gasteiger partial charge in [-0.3, -0.25) is 4.55 Å². The van der Waals surface area contributed by atoms with Crippen LogP contribution in [0.4, 0.5) is 0 Å². The Hall–Kier alpha value is -1.12. The van der Waals surface area contributed by atoms with E-state index in [1.807, 2.05) is 53.7 Å². The molecule has 23 heavy (non-hydrogen) atoms. The molecule has 0 saturated heterocycles. The zero-order valence-electron chi connectivity index (χ0n) is 14.2. The van der Waals surface area contributed by atoms with E-state index in [9.17, 15) is 16.8 Å². The van der Waals surface area contributed by atoms with E-state index in [4.69, 9.17) is 8.74 Å². The van der Waals surface area contributed by atoms with Gasteiger partial charge in [-0.2, -0.15) is 16.8 Å². The number of hydrogen-bond acceptors (Lipinski definition) is 5. The molecule has 132 valence electrons. The minimum Gasteiger partial charge on any atom is -0.369 e. The predicted octanol–water partition coefficient (Wildman–Crippen LogP) is 3.57. The van der Waals surface area contributed by atoms with E-state index in [0.29, 0.717) is 11.1 Å². The highest BCUT2D eigenvalue weighted by Gasteiger charge is 2.32. The summed E-state index contributed by atoms with van der Waals surface area (Å²) in [6.45, 7) is 11.5. The van der Waals surface area contributed by atoms with E-state index in [1.165, 1.54) is 0 Å². The fourth-order valence-corrected chi connectivity index (χ4v) is 3.08. The third-order valence-electron chi connectivity index (χ3n) is 3.52. The van der Waals surface area contributed by atoms with E-state index < -0.39 is 18.3 Å². The Labute approximate surface area is 138 Å². The van der Waals surface area contributed by atoms with Crippen LogP contribution >= 0.6 is 0 Å². The molecule has 1 aromatic rings. The van der Waals surface area contributed by atoms with Crippen LogP contribution in [0, 0.1) is 0 Å². The van der Waals surface area contributed by atoms with E-state index >= 15 is 0 Å². The van der Waals surface area contributed by atoms with Crippen molar-refractivity contribution in [2.24, 2.45) is 0 Å². The lowest BCUT2D eigenvalue weighted by Gasteiger charge is -2.21. The van der Waals surface area contributed by atoms with Crippen LogP contribution in [0.2, 0.25) is 0 Å². The monoisotopic (exact) mass is 364 g/mol. The summed E-state index contributed by atoms with van der Waals surface area (Å²) >= 11 is 0. The molecule has 0 amide bonds. The standard InChI is InChI=1S/C15H24O6S2/c1-9(2)12-7-13(10(3)4)15(14(8-12)11(5)6)21-23(19,20)22(16,17)18/h7-11H,1-6H3,(H,16,17,18). The third kappa shape index (κ3) is 4.45. The fraction of sp³-hybridized carbons (Fsp3) is 0.600. The van der Waals surface area contributed by atoms with E-state index in [0.717, 1.165) is 5.56 Å². The summed E-state index contributed by atoms with van der Waals surface area (Å²) in [6.07, 6.45) is 0. The Morgan fingerprint density at radius 1 is 0.826 bits per heavy atom. The molecule has 8 heteroatoms. The molecule has 0 atom stereocenters. The Bertz CT molecular complexity index is 745. The van der Waals surface area contributed by atoms with Crippen molar-refractivity contribution in [2.75, 3.05) is 0 Å². The number of benzene rings is 1. The van der Waals surface area contributed by atoms with Crippen LogP contribution in [0.5, 0.6) is 5.75 Å². The maximum atomic E-state index is 11.7. The summed E-state index contributed by atoms with van der Waals surface area (Å²) < 4.78 is 59.2. The second-order valence-corrected chi connectivity index (χ2v) is 10.7. The zero-order valence-corrected chi connectivity index (χ0v) is 15.8. The molecule has 0 spiro atoms. The third-order valence-corrected chi connectivity index (χ3v) is 6.16. The number of rotatable bonds is 6. The van der Waals surface area contributed by atoms with Gasteiger partial charge in [0.05, 0.1) is 0 Å². The van der Waals surface area contributed by atoms with Crippen LogP contribution in [0.15, 0.2) is 12.1 Å². The second-order valence-electron chi connectivity index (χ2n) is 6.41. The Balaban J connectivity index is 3.69. The summed E-state index contributed by atoms with van der Waals surface area (Å²) in [5, 5.41) is 0. The molecule has 6 nitrogen and oxygen atoms in total. The van der Waals surface area contributed by atoms with Gasteiger partial charge in [0.15, 0.2) is 5.75 Å². The van der Waals surface area contributed by atoms with E-state index in [2.05, 4.69) is 0 Å². The summed E-state index contributed by atoms with van der Waals surface area (Å²) in [4.78, 5) is 0. The average molecular weight is 364 g/mol. The van der Waals surface area contributed by atoms with Crippen LogP contribution in [0.3, 0.4) is 0 Å². The van der Waals surface area contributed by atoms with Crippen molar-refractivity contribution in [1.82, 2.24) is 0 Å². The minimum absolute atomic E-state index is 0.0166. The molecule has 0 radical (unpaired) electrons. The summed E-state index contributed by atoms with van der Waals surface area (Å²) in [6, 6.07) is 3.63. The highest BCUT2D eigenvalue weighted by molar-refractivity contribution is 8.63. The molecular formula is C15H24O6S2. The van der Waals surface area contributed by atoms with E-state index in [-0.39, 0.29) is 23.5 Å². The highest BCUT2D eigenvalue weighted by Crippen LogP contribution is 2.38. The molecule has 0 aromatic heterocycles. The number of hydrogen-bond donors (Lipinski definition) is 1. The van der Waals surface area contributed by atoms with Crippen molar-refractivity contribution in [3.05, 3.63) is 28.8 Å². The lowest BCUT2D eigenvalue weighted by molar-refractivity contribution is 0.457. The van der Waals surface area contributed by atoms with Crippen molar-refractivity contribution in [1.29, 1.82) is 0 Å². The van der Waals surface area contributed by atoms with E-state index in [1.54, 1.807) is 0 Å². The van der Waals surface area contributed by atoms with Gasteiger partial charge in [-0.05, 0) is 34.4 Å². The quantitative estimate of drug-likeness (QED) is 0.612. The Morgan fingerprint density at radius 2 is 1.22 bits per heavy atom. The maximum absolute atomic E-state index is 11.7. The molecule has 0 aliphatic heterocycles. The Kier molecular flexibility index (Phi) is 5.88. The van der Waals surface area contributed by atoms with Gasteiger partial charge in [0.1, 0.15) is 0 Å². The van der Waals surface area contributed by atoms with Crippen molar-refractivity contribution >= 4 is 18.3 Å². The van der Waals surface area contributed by atoms with Gasteiger partial charge in [0.2, 0.25) is 0 Å². The van der Waals surface area contributed by atoms with Gasteiger partial charge in [-0.1, -0.05) is 53.7 Å². The van der Waals surface area contributed by atoms with Crippen LogP contribution in [0.1, 0.15) is 76.0 Å². The first-order chi connectivity index (χ1) is 10.3. The molecule has 0 aliphatic carbocycles. The topological polar surface area (TPSA) is 97.7 Å². The van der Waals surface area contributed by atoms with Gasteiger partial charge < -0.3 is 4.18 Å². The fourth-order valence-electron chi connectivity index (χ4n) is 2.13. The van der Waals surface area contributed by atoms with Gasteiger partial charge in [-0.15, -0.1) is 0 Å². The molecule has 0 unspecified atom stereocenters. The minimum atomic E-state index is -5.36. The second kappa shape index (κ2) is 6.78. The first-order valence-corrected chi connectivity index (χ1v) is 10.7. The first-order valence-electron chi connectivity index (χ1n) is 7.37. The maximum Gasteiger partial charge on any atom is 0.444 e. The SMILES string of the molecule is CC(C)c1cc(C(C)C)c(OS(=O)(=O)S(=O)(=O)O)c(C(C)C)c1. The molecule has 1 rings (SSSR count). The molecule has 0 aliphatic rings. The normalized spacial score (nSPS) is 13.1. The lowest BCUT2D eigenvalue weighted by Crippen LogP contribution is -2.22. The smallest absolute Gasteiger partial charge is 0.369 e. The largest absolute Gasteiger partial charge is 0.444 e. The van der Waals surface area contributed by atoms with Crippen LogP contribution in [-0.4, -0.2) is 21.4 Å². The van der Waals surface area contributed by atoms with Gasteiger partial charge in [0, 0.05) is 0 Å². The molecule has 0 heterocycles. The van der Waals surface area contributed by atoms with Crippen LogP contribution < -0.4 is 4.18 Å². The molecule has 1 N–H and O–H groups in total. The summed E-state index contributed by atoms with van der Waals surface area (Å²) in [5.74, 6) is 0.0323. The van der Waals surface area contributed by atoms with Crippen LogP contribution in [0.25, 0.3) is 0 Å². The molecule has 1 aromatic carbocycles. The van der Waals surface area contributed by atoms with Crippen molar-refractivity contribution in [2.45, 2.75) is 59.3 Å². The van der Waals surface area contributed by atoms with Crippen molar-refractivity contribution in [3.8, 4) is 5.75 Å². The van der Waals surface area contributed by atoms with Crippen LogP contribution in [-0.2, 0) is 18.3 Å². The summed E-state index contributed by atoms with van der Waals surface area (Å²) in [5.41, 5.74) is 2.19. The van der Waals surface area contributed by atoms with Crippen molar-refractivity contribution < 1.29 is 25.6 Å². The molecule has 0 fully saturated rings. The van der Waals surface area contributed by atoms with Gasteiger partial charge in [0.25, 0.3) is 0 Å². The van der Waals surface area contributed by atoms with Gasteiger partial charge in [-0.25, -0.2) is 0 Å². The first kappa shape index (κ1) is 19.9. The van der Waals surface area contributed by atoms with Gasteiger partial charge >= 0.3 is 18.3 Å². The van der Waals surface area contributed by atoms with Crippen molar-refractivity contribution in [3.63, 3.8) is 0 Å². The Morgan fingerprint density at radius 3 is 1.48 bits per heavy atom. The highest BCUT2D eigenvalue weighted by atomic mass is 33.2. The molecular weight excluding hydrogens is 340 g/mol. The summed E-state index contributed by atoms with van der Waals surface area (Å²) in [7, 11) is -10.5.